The van der Waals surface area contributed by atoms with Crippen LogP contribution in [0.3, 0.4) is 0 Å². The van der Waals surface area contributed by atoms with E-state index in [1.54, 1.807) is 7.11 Å². The lowest BCUT2D eigenvalue weighted by molar-refractivity contribution is 0.414. The monoisotopic (exact) mass is 236 g/mol. The van der Waals surface area contributed by atoms with Crippen LogP contribution in [0.1, 0.15) is 26.7 Å². The van der Waals surface area contributed by atoms with Crippen LogP contribution in [-0.2, 0) is 0 Å². The van der Waals surface area contributed by atoms with Crippen LogP contribution in [0.25, 0.3) is 0 Å². The maximum Gasteiger partial charge on any atom is 0.119 e. The second-order valence-electron chi connectivity index (χ2n) is 4.29. The molecule has 0 bridgehead atoms. The molecule has 0 saturated heterocycles. The fourth-order valence-corrected chi connectivity index (χ4v) is 1.86. The number of nitrogens with zero attached hydrogens (tertiary/aromatic N) is 1. The van der Waals surface area contributed by atoms with E-state index < -0.39 is 0 Å². The molecule has 3 nitrogen and oxygen atoms in total. The van der Waals surface area contributed by atoms with E-state index in [1.807, 2.05) is 12.1 Å². The Kier molecular flexibility index (Phi) is 5.84. The molecule has 1 aromatic carbocycles. The number of rotatable bonds is 7. The van der Waals surface area contributed by atoms with Gasteiger partial charge in [-0.25, -0.2) is 0 Å². The van der Waals surface area contributed by atoms with Crippen molar-refractivity contribution >= 4 is 5.69 Å². The van der Waals surface area contributed by atoms with Gasteiger partial charge in [-0.3, -0.25) is 0 Å². The Labute approximate surface area is 105 Å². The van der Waals surface area contributed by atoms with E-state index in [4.69, 9.17) is 10.5 Å². The first kappa shape index (κ1) is 13.8. The number of benzene rings is 1. The second kappa shape index (κ2) is 7.17. The lowest BCUT2D eigenvalue weighted by Crippen LogP contribution is -2.34. The summed E-state index contributed by atoms with van der Waals surface area (Å²) in [7, 11) is 1.69. The first-order chi connectivity index (χ1) is 8.22. The zero-order chi connectivity index (χ0) is 12.7. The van der Waals surface area contributed by atoms with Crippen molar-refractivity contribution in [3.63, 3.8) is 0 Å². The summed E-state index contributed by atoms with van der Waals surface area (Å²) in [6.07, 6.45) is 2.16. The van der Waals surface area contributed by atoms with Gasteiger partial charge in [-0.1, -0.05) is 6.92 Å². The average Bonchev–Trinajstić information content (AvgIpc) is 2.39. The summed E-state index contributed by atoms with van der Waals surface area (Å²) < 4.78 is 5.18. The Morgan fingerprint density at radius 3 is 2.41 bits per heavy atom. The Balaban J connectivity index is 2.79. The summed E-state index contributed by atoms with van der Waals surface area (Å²) in [4.78, 5) is 2.41. The fraction of sp³-hybridized carbons (Fsp3) is 0.571. The predicted molar refractivity (Wildman–Crippen MR) is 73.8 cm³/mol. The van der Waals surface area contributed by atoms with Gasteiger partial charge in [0.15, 0.2) is 0 Å². The van der Waals surface area contributed by atoms with E-state index in [0.29, 0.717) is 6.04 Å². The van der Waals surface area contributed by atoms with Crippen molar-refractivity contribution < 1.29 is 4.74 Å². The summed E-state index contributed by atoms with van der Waals surface area (Å²) in [6.45, 7) is 6.21. The highest BCUT2D eigenvalue weighted by Gasteiger charge is 2.12. The van der Waals surface area contributed by atoms with Crippen molar-refractivity contribution in [2.75, 3.05) is 25.1 Å². The van der Waals surface area contributed by atoms with Crippen molar-refractivity contribution in [3.05, 3.63) is 24.3 Å². The molecule has 0 spiro atoms. The minimum Gasteiger partial charge on any atom is -0.497 e. The van der Waals surface area contributed by atoms with Crippen molar-refractivity contribution in [1.29, 1.82) is 0 Å². The van der Waals surface area contributed by atoms with Crippen LogP contribution >= 0.6 is 0 Å². The molecule has 0 fully saturated rings. The minimum atomic E-state index is 0.537. The average molecular weight is 236 g/mol. The number of anilines is 1. The minimum absolute atomic E-state index is 0.537. The normalized spacial score (nSPS) is 12.2. The van der Waals surface area contributed by atoms with Crippen LogP contribution in [0, 0.1) is 0 Å². The fourth-order valence-electron chi connectivity index (χ4n) is 1.86. The van der Waals surface area contributed by atoms with Gasteiger partial charge in [0.2, 0.25) is 0 Å². The zero-order valence-corrected chi connectivity index (χ0v) is 11.1. The van der Waals surface area contributed by atoms with E-state index >= 15 is 0 Å². The van der Waals surface area contributed by atoms with Gasteiger partial charge in [-0.15, -0.1) is 0 Å². The maximum absolute atomic E-state index is 5.60. The van der Waals surface area contributed by atoms with Crippen molar-refractivity contribution in [3.8, 4) is 5.75 Å². The SMILES string of the molecule is CCC(C)N(CCCN)c1ccc(OC)cc1. The molecule has 0 aromatic heterocycles. The standard InChI is InChI=1S/C14H24N2O/c1-4-12(2)16(11-5-10-15)13-6-8-14(17-3)9-7-13/h6-9,12H,4-5,10-11,15H2,1-3H3. The lowest BCUT2D eigenvalue weighted by atomic mass is 10.1. The van der Waals surface area contributed by atoms with Gasteiger partial charge in [0, 0.05) is 18.3 Å². The molecule has 0 amide bonds. The van der Waals surface area contributed by atoms with Crippen LogP contribution in [0.4, 0.5) is 5.69 Å². The van der Waals surface area contributed by atoms with E-state index in [1.165, 1.54) is 5.69 Å². The molecule has 1 unspecified atom stereocenters. The zero-order valence-electron chi connectivity index (χ0n) is 11.1. The van der Waals surface area contributed by atoms with E-state index in [2.05, 4.69) is 30.9 Å². The van der Waals surface area contributed by atoms with Crippen molar-refractivity contribution in [2.24, 2.45) is 5.73 Å². The highest BCUT2D eigenvalue weighted by atomic mass is 16.5. The van der Waals surface area contributed by atoms with Crippen LogP contribution in [-0.4, -0.2) is 26.2 Å². The third-order valence-electron chi connectivity index (χ3n) is 3.13. The molecular weight excluding hydrogens is 212 g/mol. The van der Waals surface area contributed by atoms with E-state index in [9.17, 15) is 0 Å². The molecule has 0 aliphatic carbocycles. The lowest BCUT2D eigenvalue weighted by Gasteiger charge is -2.30. The topological polar surface area (TPSA) is 38.5 Å². The number of ether oxygens (including phenoxy) is 1. The molecule has 0 aliphatic heterocycles. The smallest absolute Gasteiger partial charge is 0.119 e. The summed E-state index contributed by atoms with van der Waals surface area (Å²) in [5, 5.41) is 0. The summed E-state index contributed by atoms with van der Waals surface area (Å²) in [5.41, 5.74) is 6.84. The van der Waals surface area contributed by atoms with Gasteiger partial charge >= 0.3 is 0 Å². The maximum atomic E-state index is 5.60. The Morgan fingerprint density at radius 1 is 1.29 bits per heavy atom. The predicted octanol–water partition coefficient (Wildman–Crippen LogP) is 2.65. The Morgan fingerprint density at radius 2 is 1.94 bits per heavy atom. The molecule has 96 valence electrons. The number of nitrogens with two attached hydrogens (primary N) is 1. The summed E-state index contributed by atoms with van der Waals surface area (Å²) in [6, 6.07) is 8.78. The van der Waals surface area contributed by atoms with Crippen LogP contribution < -0.4 is 15.4 Å². The van der Waals surface area contributed by atoms with Crippen molar-refractivity contribution in [2.45, 2.75) is 32.7 Å². The first-order valence-electron chi connectivity index (χ1n) is 6.33. The Bertz CT molecular complexity index is 311. The highest BCUT2D eigenvalue weighted by Crippen LogP contribution is 2.22. The largest absolute Gasteiger partial charge is 0.497 e. The molecule has 1 rings (SSSR count). The van der Waals surface area contributed by atoms with Crippen LogP contribution in [0.2, 0.25) is 0 Å². The molecule has 0 aliphatic rings. The molecule has 3 heteroatoms. The number of hydrogen-bond acceptors (Lipinski definition) is 3. The van der Waals surface area contributed by atoms with Gasteiger partial charge in [-0.05, 0) is 50.6 Å². The summed E-state index contributed by atoms with van der Waals surface area (Å²) >= 11 is 0. The first-order valence-corrected chi connectivity index (χ1v) is 6.33. The molecule has 1 aromatic rings. The molecule has 2 N–H and O–H groups in total. The van der Waals surface area contributed by atoms with Gasteiger partial charge < -0.3 is 15.4 Å². The molecule has 0 saturated carbocycles. The van der Waals surface area contributed by atoms with Gasteiger partial charge in [0.05, 0.1) is 7.11 Å². The van der Waals surface area contributed by atoms with Gasteiger partial charge in [0.25, 0.3) is 0 Å². The molecule has 1 atom stereocenters. The Hall–Kier alpha value is -1.22. The molecular formula is C14H24N2O. The summed E-state index contributed by atoms with van der Waals surface area (Å²) in [5.74, 6) is 0.900. The van der Waals surface area contributed by atoms with Crippen LogP contribution in [0.15, 0.2) is 24.3 Å². The third-order valence-corrected chi connectivity index (χ3v) is 3.13. The van der Waals surface area contributed by atoms with Crippen molar-refractivity contribution in [1.82, 2.24) is 0 Å². The third kappa shape index (κ3) is 3.93. The molecule has 17 heavy (non-hydrogen) atoms. The molecule has 0 radical (unpaired) electrons. The van der Waals surface area contributed by atoms with Crippen LogP contribution in [0.5, 0.6) is 5.75 Å². The quantitative estimate of drug-likeness (QED) is 0.791. The number of methoxy groups -OCH3 is 1. The number of hydrogen-bond donors (Lipinski definition) is 1. The molecule has 0 heterocycles. The van der Waals surface area contributed by atoms with Gasteiger partial charge in [0.1, 0.15) is 5.75 Å². The van der Waals surface area contributed by atoms with E-state index in [0.717, 1.165) is 31.7 Å². The van der Waals surface area contributed by atoms with E-state index in [-0.39, 0.29) is 0 Å². The highest BCUT2D eigenvalue weighted by molar-refractivity contribution is 5.49. The van der Waals surface area contributed by atoms with Gasteiger partial charge in [-0.2, -0.15) is 0 Å². The second-order valence-corrected chi connectivity index (χ2v) is 4.29.